The minimum absolute atomic E-state index is 0.110. The molecule has 0 heterocycles. The number of methoxy groups -OCH3 is 1. The topological polar surface area (TPSA) is 91.3 Å². The summed E-state index contributed by atoms with van der Waals surface area (Å²) in [5, 5.41) is 11.1. The van der Waals surface area contributed by atoms with Gasteiger partial charge < -0.3 is 4.74 Å². The molecule has 0 spiro atoms. The van der Waals surface area contributed by atoms with Crippen LogP contribution in [0, 0.1) is 6.92 Å². The Morgan fingerprint density at radius 1 is 1.37 bits per heavy atom. The summed E-state index contributed by atoms with van der Waals surface area (Å²) in [6, 6.07) is 4.61. The molecule has 0 unspecified atom stereocenters. The van der Waals surface area contributed by atoms with E-state index in [0.29, 0.717) is 18.1 Å². The zero-order valence-electron chi connectivity index (χ0n) is 10.4. The molecule has 0 aliphatic heterocycles. The quantitative estimate of drug-likeness (QED) is 0.336. The maximum atomic E-state index is 12.0. The fourth-order valence-corrected chi connectivity index (χ4v) is 2.86. The van der Waals surface area contributed by atoms with E-state index in [1.54, 1.807) is 13.0 Å². The highest BCUT2D eigenvalue weighted by Crippen LogP contribution is 2.22. The number of sulfone groups is 1. The summed E-state index contributed by atoms with van der Waals surface area (Å²) in [5.41, 5.74) is 0.732. The van der Waals surface area contributed by atoms with E-state index in [9.17, 15) is 8.42 Å². The summed E-state index contributed by atoms with van der Waals surface area (Å²) in [4.78, 5) is 0.193. The van der Waals surface area contributed by atoms with Gasteiger partial charge in [0.05, 0.1) is 24.4 Å². The molecule has 0 radical (unpaired) electrons. The van der Waals surface area contributed by atoms with Crippen LogP contribution >= 0.6 is 12.3 Å². The number of rotatable bonds is 8. The molecule has 0 aliphatic rings. The molecule has 0 amide bonds. The molecule has 0 aliphatic carbocycles. The largest absolute Gasteiger partial charge is 0.496 e. The molecule has 9 heteroatoms. The third-order valence-corrected chi connectivity index (χ3v) is 4.32. The highest BCUT2D eigenvalue weighted by Gasteiger charge is 2.15. The number of benzene rings is 1. The summed E-state index contributed by atoms with van der Waals surface area (Å²) in [5.74, 6) is 0.403. The smallest absolute Gasteiger partial charge is 0.197 e. The van der Waals surface area contributed by atoms with Crippen molar-refractivity contribution in [1.29, 1.82) is 0 Å². The molecule has 7 nitrogen and oxygen atoms in total. The van der Waals surface area contributed by atoms with Crippen molar-refractivity contribution in [2.75, 3.05) is 19.5 Å². The Morgan fingerprint density at radius 3 is 2.68 bits per heavy atom. The summed E-state index contributed by atoms with van der Waals surface area (Å²) in [6.45, 7) is 1.65. The van der Waals surface area contributed by atoms with Gasteiger partial charge in [-0.2, -0.15) is 0 Å². The Kier molecular flexibility index (Phi) is 6.55. The molecule has 19 heavy (non-hydrogen) atoms. The zero-order chi connectivity index (χ0) is 14.3. The summed E-state index contributed by atoms with van der Waals surface area (Å²) >= 11 is 0.342. The van der Waals surface area contributed by atoms with Gasteiger partial charge in [-0.3, -0.25) is 4.18 Å². The van der Waals surface area contributed by atoms with Crippen LogP contribution in [0.4, 0.5) is 0 Å². The van der Waals surface area contributed by atoms with Gasteiger partial charge in [0, 0.05) is 0 Å². The summed E-state index contributed by atoms with van der Waals surface area (Å²) < 4.78 is 37.6. The lowest BCUT2D eigenvalue weighted by molar-refractivity contribution is -0.434. The van der Waals surface area contributed by atoms with Crippen LogP contribution in [0.1, 0.15) is 5.56 Å². The maximum absolute atomic E-state index is 12.0. The van der Waals surface area contributed by atoms with Gasteiger partial charge in [0.15, 0.2) is 22.2 Å². The summed E-state index contributed by atoms with van der Waals surface area (Å²) in [7, 11) is -1.93. The minimum atomic E-state index is -3.45. The van der Waals surface area contributed by atoms with Crippen LogP contribution in [0.25, 0.3) is 0 Å². The van der Waals surface area contributed by atoms with Crippen LogP contribution in [0.5, 0.6) is 5.75 Å². The molecule has 1 rings (SSSR count). The van der Waals surface area contributed by atoms with E-state index >= 15 is 0 Å². The zero-order valence-corrected chi connectivity index (χ0v) is 12.0. The number of aryl methyl sites for hydroxylation is 1. The third-order valence-electron chi connectivity index (χ3n) is 2.27. The molecule has 0 aromatic heterocycles. The molecular weight excluding hydrogens is 296 g/mol. The molecule has 0 atom stereocenters. The number of hydrogen-bond donors (Lipinski definition) is 1. The maximum Gasteiger partial charge on any atom is 0.197 e. The molecule has 0 bridgehead atoms. The Labute approximate surface area is 115 Å². The molecule has 1 N–H and O–H groups in total. The van der Waals surface area contributed by atoms with Crippen LogP contribution < -0.4 is 4.74 Å². The molecule has 1 aromatic carbocycles. The summed E-state index contributed by atoms with van der Waals surface area (Å²) in [6.07, 6.45) is 0. The standard InChI is InChI=1S/C10H14O7S2/c1-8-7-9(3-4-10(8)14-2)19(12,13)6-5-15-18-17-16-11/h3-4,7,11H,5-6H2,1-2H3. The van der Waals surface area contributed by atoms with Crippen LogP contribution in [0.3, 0.4) is 0 Å². The lowest BCUT2D eigenvalue weighted by Crippen LogP contribution is -2.11. The van der Waals surface area contributed by atoms with Crippen molar-refractivity contribution < 1.29 is 32.0 Å². The van der Waals surface area contributed by atoms with Crippen LogP contribution in [-0.4, -0.2) is 33.1 Å². The number of ether oxygens (including phenoxy) is 1. The highest BCUT2D eigenvalue weighted by atomic mass is 32.2. The van der Waals surface area contributed by atoms with Gasteiger partial charge >= 0.3 is 0 Å². The first-order valence-corrected chi connectivity index (χ1v) is 7.47. The SMILES string of the molecule is COc1ccc(S(=O)(=O)CCOSOOO)cc1C. The Morgan fingerprint density at radius 2 is 2.11 bits per heavy atom. The second-order valence-electron chi connectivity index (χ2n) is 3.48. The first-order chi connectivity index (χ1) is 9.01. The van der Waals surface area contributed by atoms with Gasteiger partial charge in [0.1, 0.15) is 5.75 Å². The molecular formula is C10H14O7S2. The lowest BCUT2D eigenvalue weighted by Gasteiger charge is -2.08. The van der Waals surface area contributed by atoms with E-state index in [1.165, 1.54) is 19.2 Å². The van der Waals surface area contributed by atoms with E-state index in [2.05, 4.69) is 9.37 Å². The molecule has 1 aromatic rings. The van der Waals surface area contributed by atoms with Gasteiger partial charge in [0.25, 0.3) is 0 Å². The van der Waals surface area contributed by atoms with Crippen molar-refractivity contribution in [1.82, 2.24) is 0 Å². The third kappa shape index (κ3) is 4.97. The fourth-order valence-electron chi connectivity index (χ4n) is 1.37. The minimum Gasteiger partial charge on any atom is -0.496 e. The van der Waals surface area contributed by atoms with E-state index in [0.717, 1.165) is 5.56 Å². The number of hydrogen-bond acceptors (Lipinski definition) is 8. The van der Waals surface area contributed by atoms with Crippen molar-refractivity contribution in [2.24, 2.45) is 0 Å². The predicted octanol–water partition coefficient (Wildman–Crippen LogP) is 1.78. The fraction of sp³-hybridized carbons (Fsp3) is 0.400. The second-order valence-corrected chi connectivity index (χ2v) is 6.10. The lowest BCUT2D eigenvalue weighted by atomic mass is 10.2. The van der Waals surface area contributed by atoms with Crippen molar-refractivity contribution in [3.05, 3.63) is 23.8 Å². The molecule has 108 valence electrons. The van der Waals surface area contributed by atoms with E-state index in [1.807, 2.05) is 0 Å². The van der Waals surface area contributed by atoms with Crippen molar-refractivity contribution >= 4 is 22.2 Å². The second kappa shape index (κ2) is 7.68. The van der Waals surface area contributed by atoms with Gasteiger partial charge in [-0.05, 0) is 30.7 Å². The first-order valence-electron chi connectivity index (χ1n) is 5.15. The Bertz CT molecular complexity index is 501. The molecule has 0 saturated heterocycles. The average Bonchev–Trinajstić information content (AvgIpc) is 2.38. The Balaban J connectivity index is 2.64. The van der Waals surface area contributed by atoms with Crippen molar-refractivity contribution in [2.45, 2.75) is 11.8 Å². The van der Waals surface area contributed by atoms with Gasteiger partial charge in [-0.25, -0.2) is 13.7 Å². The van der Waals surface area contributed by atoms with Crippen LogP contribution in [-0.2, 0) is 23.4 Å². The first kappa shape index (κ1) is 16.2. The van der Waals surface area contributed by atoms with Gasteiger partial charge in [-0.1, -0.05) is 5.04 Å². The average molecular weight is 310 g/mol. The monoisotopic (exact) mass is 310 g/mol. The molecule has 0 fully saturated rings. The van der Waals surface area contributed by atoms with E-state index < -0.39 is 9.84 Å². The van der Waals surface area contributed by atoms with Crippen LogP contribution in [0.15, 0.2) is 23.1 Å². The van der Waals surface area contributed by atoms with E-state index in [-0.39, 0.29) is 17.3 Å². The van der Waals surface area contributed by atoms with Gasteiger partial charge in [0.2, 0.25) is 0 Å². The van der Waals surface area contributed by atoms with Crippen molar-refractivity contribution in [3.63, 3.8) is 0 Å². The Hall–Kier alpha value is -0.840. The van der Waals surface area contributed by atoms with Crippen molar-refractivity contribution in [3.8, 4) is 5.75 Å². The molecule has 0 saturated carbocycles. The highest BCUT2D eigenvalue weighted by molar-refractivity contribution is 7.91. The van der Waals surface area contributed by atoms with Crippen LogP contribution in [0.2, 0.25) is 0 Å². The predicted molar refractivity (Wildman–Crippen MR) is 68.1 cm³/mol. The van der Waals surface area contributed by atoms with E-state index in [4.69, 9.17) is 14.2 Å². The normalized spacial score (nSPS) is 11.5. The van der Waals surface area contributed by atoms with Gasteiger partial charge in [-0.15, -0.1) is 4.33 Å².